The lowest BCUT2D eigenvalue weighted by molar-refractivity contribution is 0.101. The second-order valence-electron chi connectivity index (χ2n) is 2.70. The molecule has 0 aromatic heterocycles. The maximum atomic E-state index is 11.2. The lowest BCUT2D eigenvalue weighted by atomic mass is 10.0. The van der Waals surface area contributed by atoms with Gasteiger partial charge in [0.1, 0.15) is 0 Å². The molecule has 0 aliphatic carbocycles. The van der Waals surface area contributed by atoms with Crippen LogP contribution in [0.15, 0.2) is 30.3 Å². The number of benzene rings is 1. The molecule has 0 fully saturated rings. The lowest BCUT2D eigenvalue weighted by Crippen LogP contribution is -1.94. The Balaban J connectivity index is 3.05. The fourth-order valence-electron chi connectivity index (χ4n) is 1.13. The molecule has 0 N–H and O–H groups in total. The first-order valence-corrected chi connectivity index (χ1v) is 5.20. The highest BCUT2D eigenvalue weighted by atomic mass is 79.9. The summed E-state index contributed by atoms with van der Waals surface area (Å²) in [6, 6.07) is 7.59. The molecule has 0 radical (unpaired) electrons. The summed E-state index contributed by atoms with van der Waals surface area (Å²) < 4.78 is 0. The highest BCUT2D eigenvalue weighted by Gasteiger charge is 2.01. The zero-order chi connectivity index (χ0) is 9.68. The summed E-state index contributed by atoms with van der Waals surface area (Å²) in [6.45, 7) is 1.58. The SMILES string of the molecule is CC(=O)c1ccccc1C=CCBr. The smallest absolute Gasteiger partial charge is 0.160 e. The van der Waals surface area contributed by atoms with E-state index < -0.39 is 0 Å². The van der Waals surface area contributed by atoms with Gasteiger partial charge in [0.15, 0.2) is 5.78 Å². The van der Waals surface area contributed by atoms with Gasteiger partial charge in [-0.15, -0.1) is 0 Å². The molecule has 0 unspecified atom stereocenters. The average Bonchev–Trinajstić information content (AvgIpc) is 2.15. The van der Waals surface area contributed by atoms with E-state index in [1.165, 1.54) is 0 Å². The van der Waals surface area contributed by atoms with E-state index in [1.807, 2.05) is 36.4 Å². The predicted molar refractivity (Wildman–Crippen MR) is 59.3 cm³/mol. The van der Waals surface area contributed by atoms with Crippen LogP contribution in [0.3, 0.4) is 0 Å². The summed E-state index contributed by atoms with van der Waals surface area (Å²) in [6.07, 6.45) is 3.92. The number of allylic oxidation sites excluding steroid dienone is 1. The van der Waals surface area contributed by atoms with Crippen LogP contribution in [0.4, 0.5) is 0 Å². The summed E-state index contributed by atoms with van der Waals surface area (Å²) in [4.78, 5) is 11.2. The molecular weight excluding hydrogens is 228 g/mol. The number of hydrogen-bond acceptors (Lipinski definition) is 1. The van der Waals surface area contributed by atoms with Crippen LogP contribution in [0.5, 0.6) is 0 Å². The van der Waals surface area contributed by atoms with Gasteiger partial charge in [-0.2, -0.15) is 0 Å². The molecule has 1 aromatic rings. The van der Waals surface area contributed by atoms with Crippen molar-refractivity contribution in [3.05, 3.63) is 41.5 Å². The number of hydrogen-bond donors (Lipinski definition) is 0. The zero-order valence-electron chi connectivity index (χ0n) is 7.46. The van der Waals surface area contributed by atoms with E-state index in [1.54, 1.807) is 6.92 Å². The zero-order valence-corrected chi connectivity index (χ0v) is 9.04. The van der Waals surface area contributed by atoms with Gasteiger partial charge in [-0.25, -0.2) is 0 Å². The highest BCUT2D eigenvalue weighted by molar-refractivity contribution is 9.09. The Kier molecular flexibility index (Phi) is 3.90. The molecule has 68 valence electrons. The van der Waals surface area contributed by atoms with Crippen LogP contribution in [0.25, 0.3) is 6.08 Å². The van der Waals surface area contributed by atoms with E-state index in [9.17, 15) is 4.79 Å². The van der Waals surface area contributed by atoms with Crippen LogP contribution in [0.1, 0.15) is 22.8 Å². The Morgan fingerprint density at radius 2 is 2.15 bits per heavy atom. The number of rotatable bonds is 3. The molecule has 13 heavy (non-hydrogen) atoms. The first kappa shape index (κ1) is 10.2. The monoisotopic (exact) mass is 238 g/mol. The predicted octanol–water partition coefficient (Wildman–Crippen LogP) is 3.30. The first-order chi connectivity index (χ1) is 6.25. The molecule has 0 amide bonds. The van der Waals surface area contributed by atoms with E-state index in [0.29, 0.717) is 0 Å². The Hall–Kier alpha value is -0.890. The standard InChI is InChI=1S/C11H11BrO/c1-9(13)11-7-3-2-5-10(11)6-4-8-12/h2-7H,8H2,1H3. The van der Waals surface area contributed by atoms with Crippen molar-refractivity contribution in [3.8, 4) is 0 Å². The van der Waals surface area contributed by atoms with Crippen molar-refractivity contribution in [2.45, 2.75) is 6.92 Å². The van der Waals surface area contributed by atoms with E-state index >= 15 is 0 Å². The Morgan fingerprint density at radius 1 is 1.46 bits per heavy atom. The summed E-state index contributed by atoms with van der Waals surface area (Å²) in [7, 11) is 0. The normalized spacial score (nSPS) is 10.6. The second kappa shape index (κ2) is 4.97. The number of alkyl halides is 1. The quantitative estimate of drug-likeness (QED) is 0.584. The van der Waals surface area contributed by atoms with E-state index in [4.69, 9.17) is 0 Å². The van der Waals surface area contributed by atoms with Gasteiger partial charge in [0.05, 0.1) is 0 Å². The Morgan fingerprint density at radius 3 is 2.77 bits per heavy atom. The molecule has 0 heterocycles. The van der Waals surface area contributed by atoms with Crippen molar-refractivity contribution in [3.63, 3.8) is 0 Å². The molecule has 0 atom stereocenters. The summed E-state index contributed by atoms with van der Waals surface area (Å²) >= 11 is 3.30. The summed E-state index contributed by atoms with van der Waals surface area (Å²) in [5.41, 5.74) is 1.76. The molecule has 1 rings (SSSR count). The van der Waals surface area contributed by atoms with Crippen LogP contribution >= 0.6 is 15.9 Å². The average molecular weight is 239 g/mol. The maximum absolute atomic E-state index is 11.2. The third-order valence-electron chi connectivity index (χ3n) is 1.73. The number of Topliss-reactive ketones (excluding diaryl/α,β-unsaturated/α-hetero) is 1. The fourth-order valence-corrected chi connectivity index (χ4v) is 1.32. The molecule has 0 aliphatic rings. The molecule has 0 saturated heterocycles. The van der Waals surface area contributed by atoms with Crippen LogP contribution in [-0.4, -0.2) is 11.1 Å². The molecule has 0 aliphatic heterocycles. The molecule has 0 bridgehead atoms. The van der Waals surface area contributed by atoms with Crippen molar-refractivity contribution in [2.24, 2.45) is 0 Å². The van der Waals surface area contributed by atoms with Gasteiger partial charge in [0.25, 0.3) is 0 Å². The van der Waals surface area contributed by atoms with Crippen molar-refractivity contribution >= 4 is 27.8 Å². The van der Waals surface area contributed by atoms with Crippen molar-refractivity contribution in [2.75, 3.05) is 5.33 Å². The largest absolute Gasteiger partial charge is 0.294 e. The molecule has 1 nitrogen and oxygen atoms in total. The van der Waals surface area contributed by atoms with Gasteiger partial charge in [-0.3, -0.25) is 4.79 Å². The van der Waals surface area contributed by atoms with Crippen LogP contribution in [0, 0.1) is 0 Å². The number of halogens is 1. The number of carbonyl (C=O) groups is 1. The molecule has 2 heteroatoms. The van der Waals surface area contributed by atoms with E-state index in [2.05, 4.69) is 15.9 Å². The van der Waals surface area contributed by atoms with Crippen molar-refractivity contribution in [1.29, 1.82) is 0 Å². The van der Waals surface area contributed by atoms with Gasteiger partial charge in [0, 0.05) is 10.9 Å². The van der Waals surface area contributed by atoms with Gasteiger partial charge in [-0.1, -0.05) is 52.3 Å². The molecular formula is C11H11BrO. The first-order valence-electron chi connectivity index (χ1n) is 4.08. The Labute approximate surface area is 86.6 Å². The summed E-state index contributed by atoms with van der Waals surface area (Å²) in [5, 5.41) is 0.805. The number of ketones is 1. The minimum Gasteiger partial charge on any atom is -0.294 e. The van der Waals surface area contributed by atoms with Gasteiger partial charge < -0.3 is 0 Å². The van der Waals surface area contributed by atoms with Crippen LogP contribution < -0.4 is 0 Å². The third-order valence-corrected chi connectivity index (χ3v) is 2.10. The third kappa shape index (κ3) is 2.81. The van der Waals surface area contributed by atoms with Crippen LogP contribution in [-0.2, 0) is 0 Å². The van der Waals surface area contributed by atoms with E-state index in [0.717, 1.165) is 16.5 Å². The number of carbonyl (C=O) groups excluding carboxylic acids is 1. The lowest BCUT2D eigenvalue weighted by Gasteiger charge is -2.00. The highest BCUT2D eigenvalue weighted by Crippen LogP contribution is 2.11. The minimum atomic E-state index is 0.106. The van der Waals surface area contributed by atoms with Gasteiger partial charge in [-0.05, 0) is 12.5 Å². The maximum Gasteiger partial charge on any atom is 0.160 e. The fraction of sp³-hybridized carbons (Fsp3) is 0.182. The van der Waals surface area contributed by atoms with Crippen LogP contribution in [0.2, 0.25) is 0 Å². The molecule has 0 saturated carbocycles. The Bertz CT molecular complexity index is 329. The topological polar surface area (TPSA) is 17.1 Å². The van der Waals surface area contributed by atoms with Gasteiger partial charge >= 0.3 is 0 Å². The molecule has 0 spiro atoms. The minimum absolute atomic E-state index is 0.106. The van der Waals surface area contributed by atoms with E-state index in [-0.39, 0.29) is 5.78 Å². The van der Waals surface area contributed by atoms with Crippen molar-refractivity contribution in [1.82, 2.24) is 0 Å². The summed E-state index contributed by atoms with van der Waals surface area (Å²) in [5.74, 6) is 0.106. The second-order valence-corrected chi connectivity index (χ2v) is 3.35. The van der Waals surface area contributed by atoms with Gasteiger partial charge in [0.2, 0.25) is 0 Å². The van der Waals surface area contributed by atoms with Crippen molar-refractivity contribution < 1.29 is 4.79 Å². The molecule has 1 aromatic carbocycles.